The van der Waals surface area contributed by atoms with E-state index in [1.54, 1.807) is 29.3 Å². The van der Waals surface area contributed by atoms with Gasteiger partial charge >= 0.3 is 0 Å². The number of carbonyl (C=O) groups excluding carboxylic acids is 1. The first-order valence-corrected chi connectivity index (χ1v) is 9.77. The summed E-state index contributed by atoms with van der Waals surface area (Å²) in [6, 6.07) is 6.85. The van der Waals surface area contributed by atoms with Gasteiger partial charge in [0.25, 0.3) is 10.0 Å². The molecule has 3 heterocycles. The van der Waals surface area contributed by atoms with Crippen LogP contribution in [0.25, 0.3) is 0 Å². The molecule has 0 unspecified atom stereocenters. The summed E-state index contributed by atoms with van der Waals surface area (Å²) in [6.07, 6.45) is 2.51. The number of sulfonamides is 1. The summed E-state index contributed by atoms with van der Waals surface area (Å²) in [5, 5.41) is 0. The highest BCUT2D eigenvalue weighted by Crippen LogP contribution is 2.23. The van der Waals surface area contributed by atoms with Gasteiger partial charge in [-0.15, -0.1) is 11.3 Å². The minimum Gasteiger partial charge on any atom is -0.367 e. The number of nitrogens with one attached hydrogen (secondary N) is 1. The molecule has 2 aromatic heterocycles. The fraction of sp³-hybridized carbons (Fsp3) is 0.333. The molecule has 0 bridgehead atoms. The topological polar surface area (TPSA) is 82.6 Å². The Morgan fingerprint density at radius 2 is 1.92 bits per heavy atom. The predicted molar refractivity (Wildman–Crippen MR) is 94.0 cm³/mol. The highest BCUT2D eigenvalue weighted by Gasteiger charge is 2.18. The molecule has 1 fully saturated rings. The van der Waals surface area contributed by atoms with Crippen molar-refractivity contribution in [2.24, 2.45) is 0 Å². The van der Waals surface area contributed by atoms with E-state index in [1.807, 2.05) is 13.0 Å². The number of piperazine rings is 1. The molecule has 0 spiro atoms. The minimum absolute atomic E-state index is 0.274. The number of pyridine rings is 1. The quantitative estimate of drug-likeness (QED) is 0.812. The van der Waals surface area contributed by atoms with Gasteiger partial charge in [-0.3, -0.25) is 9.52 Å². The average Bonchev–Trinajstić information content (AvgIpc) is 3.03. The van der Waals surface area contributed by atoms with Crippen molar-refractivity contribution in [1.82, 2.24) is 9.88 Å². The van der Waals surface area contributed by atoms with E-state index in [0.717, 1.165) is 30.1 Å². The van der Waals surface area contributed by atoms with Gasteiger partial charge in [-0.1, -0.05) is 0 Å². The van der Waals surface area contributed by atoms with Crippen molar-refractivity contribution in [3.05, 3.63) is 35.3 Å². The average molecular weight is 366 g/mol. The first kappa shape index (κ1) is 16.7. The molecule has 128 valence electrons. The molecule has 24 heavy (non-hydrogen) atoms. The van der Waals surface area contributed by atoms with E-state index in [4.69, 9.17) is 0 Å². The summed E-state index contributed by atoms with van der Waals surface area (Å²) in [7, 11) is -3.59. The molecule has 0 aliphatic carbocycles. The molecular formula is C15H18N4O3S2. The fourth-order valence-corrected chi connectivity index (χ4v) is 4.76. The molecule has 0 aromatic carbocycles. The van der Waals surface area contributed by atoms with Crippen molar-refractivity contribution in [1.29, 1.82) is 0 Å². The number of thiophene rings is 1. The number of hydrogen-bond acceptors (Lipinski definition) is 6. The van der Waals surface area contributed by atoms with Gasteiger partial charge in [0.2, 0.25) is 6.41 Å². The maximum atomic E-state index is 12.3. The lowest BCUT2D eigenvalue weighted by molar-refractivity contribution is -0.118. The number of nitrogens with zero attached hydrogens (tertiary/aromatic N) is 3. The second-order valence-corrected chi connectivity index (χ2v) is 8.70. The molecule has 1 aliphatic heterocycles. The third kappa shape index (κ3) is 3.68. The van der Waals surface area contributed by atoms with Crippen LogP contribution in [0, 0.1) is 6.92 Å². The van der Waals surface area contributed by atoms with E-state index in [2.05, 4.69) is 14.6 Å². The van der Waals surface area contributed by atoms with E-state index in [1.165, 1.54) is 11.3 Å². The molecule has 1 N–H and O–H groups in total. The highest BCUT2D eigenvalue weighted by atomic mass is 32.2. The Labute approximate surface area is 145 Å². The van der Waals surface area contributed by atoms with Gasteiger partial charge in [-0.05, 0) is 31.2 Å². The molecule has 0 atom stereocenters. The van der Waals surface area contributed by atoms with Gasteiger partial charge < -0.3 is 9.80 Å². The summed E-state index contributed by atoms with van der Waals surface area (Å²) in [6.45, 7) is 4.69. The summed E-state index contributed by atoms with van der Waals surface area (Å²) < 4.78 is 27.3. The fourth-order valence-electron chi connectivity index (χ4n) is 2.46. The van der Waals surface area contributed by atoms with Crippen LogP contribution < -0.4 is 9.62 Å². The molecule has 0 radical (unpaired) electrons. The van der Waals surface area contributed by atoms with E-state index in [0.29, 0.717) is 13.1 Å². The van der Waals surface area contributed by atoms with Crippen molar-refractivity contribution in [3.8, 4) is 0 Å². The van der Waals surface area contributed by atoms with Crippen LogP contribution in [0.3, 0.4) is 0 Å². The summed E-state index contributed by atoms with van der Waals surface area (Å²) in [5.74, 6) is 0.288. The number of aryl methyl sites for hydroxylation is 1. The van der Waals surface area contributed by atoms with Crippen molar-refractivity contribution in [3.63, 3.8) is 0 Å². The van der Waals surface area contributed by atoms with E-state index >= 15 is 0 Å². The zero-order chi connectivity index (χ0) is 17.2. The second kappa shape index (κ2) is 6.78. The molecule has 7 nitrogen and oxygen atoms in total. The normalized spacial score (nSPS) is 15.4. The van der Waals surface area contributed by atoms with Crippen molar-refractivity contribution < 1.29 is 13.2 Å². The Balaban J connectivity index is 1.68. The number of amides is 1. The Morgan fingerprint density at radius 3 is 2.46 bits per heavy atom. The number of rotatable bonds is 5. The summed E-state index contributed by atoms with van der Waals surface area (Å²) in [5.41, 5.74) is 0.912. The number of hydrogen-bond donors (Lipinski definition) is 1. The van der Waals surface area contributed by atoms with Crippen LogP contribution in [0.15, 0.2) is 34.7 Å². The van der Waals surface area contributed by atoms with Gasteiger partial charge in [0.15, 0.2) is 0 Å². The van der Waals surface area contributed by atoms with Gasteiger partial charge in [0.1, 0.15) is 10.0 Å². The lowest BCUT2D eigenvalue weighted by Crippen LogP contribution is -2.45. The number of aromatic nitrogens is 1. The monoisotopic (exact) mass is 366 g/mol. The summed E-state index contributed by atoms with van der Waals surface area (Å²) >= 11 is 1.22. The third-order valence-corrected chi connectivity index (χ3v) is 6.64. The first-order valence-electron chi connectivity index (χ1n) is 7.47. The van der Waals surface area contributed by atoms with Crippen LogP contribution >= 0.6 is 11.3 Å². The second-order valence-electron chi connectivity index (χ2n) is 5.50. The standard InChI is InChI=1S/C15H18N4O3S2/c1-12-2-5-15(23-12)24(21,22)17-14-4-3-13(10-16-14)19-8-6-18(11-20)7-9-19/h2-5,10-11H,6-9H2,1H3,(H,16,17). The van der Waals surface area contributed by atoms with Crippen molar-refractivity contribution >= 4 is 39.3 Å². The van der Waals surface area contributed by atoms with Gasteiger partial charge in [0, 0.05) is 31.1 Å². The molecule has 1 amide bonds. The smallest absolute Gasteiger partial charge is 0.272 e. The largest absolute Gasteiger partial charge is 0.367 e. The molecule has 0 saturated carbocycles. The maximum Gasteiger partial charge on any atom is 0.272 e. The maximum absolute atomic E-state index is 12.3. The van der Waals surface area contributed by atoms with Crippen LogP contribution in [-0.2, 0) is 14.8 Å². The van der Waals surface area contributed by atoms with Crippen LogP contribution in [0.4, 0.5) is 11.5 Å². The Bertz CT molecular complexity index is 809. The van der Waals surface area contributed by atoms with Crippen LogP contribution in [0.2, 0.25) is 0 Å². The van der Waals surface area contributed by atoms with Gasteiger partial charge in [-0.25, -0.2) is 13.4 Å². The molecule has 9 heteroatoms. The van der Waals surface area contributed by atoms with Crippen LogP contribution in [0.5, 0.6) is 0 Å². The zero-order valence-electron chi connectivity index (χ0n) is 13.2. The lowest BCUT2D eigenvalue weighted by atomic mass is 10.3. The Kier molecular flexibility index (Phi) is 4.72. The number of carbonyl (C=O) groups is 1. The van der Waals surface area contributed by atoms with Gasteiger partial charge in [0.05, 0.1) is 11.9 Å². The number of anilines is 2. The Hall–Kier alpha value is -2.13. The SMILES string of the molecule is Cc1ccc(S(=O)(=O)Nc2ccc(N3CCN(C=O)CC3)cn2)s1. The van der Waals surface area contributed by atoms with Gasteiger partial charge in [-0.2, -0.15) is 0 Å². The van der Waals surface area contributed by atoms with Crippen LogP contribution in [-0.4, -0.2) is 50.9 Å². The van der Waals surface area contributed by atoms with E-state index in [-0.39, 0.29) is 10.0 Å². The van der Waals surface area contributed by atoms with Crippen molar-refractivity contribution in [2.45, 2.75) is 11.1 Å². The molecule has 1 aliphatic rings. The molecule has 2 aromatic rings. The van der Waals surface area contributed by atoms with Crippen molar-refractivity contribution in [2.75, 3.05) is 35.8 Å². The zero-order valence-corrected chi connectivity index (χ0v) is 14.8. The molecule has 1 saturated heterocycles. The minimum atomic E-state index is -3.59. The first-order chi connectivity index (χ1) is 11.5. The molecule has 3 rings (SSSR count). The van der Waals surface area contributed by atoms with E-state index in [9.17, 15) is 13.2 Å². The van der Waals surface area contributed by atoms with E-state index < -0.39 is 10.0 Å². The summed E-state index contributed by atoms with van der Waals surface area (Å²) in [4.78, 5) is 19.7. The third-order valence-electron chi connectivity index (χ3n) is 3.80. The molecular weight excluding hydrogens is 348 g/mol. The lowest BCUT2D eigenvalue weighted by Gasteiger charge is -2.33. The van der Waals surface area contributed by atoms with Crippen LogP contribution in [0.1, 0.15) is 4.88 Å². The highest BCUT2D eigenvalue weighted by molar-refractivity contribution is 7.94. The Morgan fingerprint density at radius 1 is 1.17 bits per heavy atom. The predicted octanol–water partition coefficient (Wildman–Crippen LogP) is 1.53.